The highest BCUT2D eigenvalue weighted by molar-refractivity contribution is 4.92. The maximum absolute atomic E-state index is 10.5. The fraction of sp³-hybridized carbons (Fsp3) is 1.00. The lowest BCUT2D eigenvalue weighted by atomic mass is 9.66. The van der Waals surface area contributed by atoms with Crippen LogP contribution in [-0.2, 0) is 0 Å². The van der Waals surface area contributed by atoms with Crippen molar-refractivity contribution in [2.45, 2.75) is 63.5 Å². The van der Waals surface area contributed by atoms with E-state index in [0.717, 1.165) is 6.04 Å². The van der Waals surface area contributed by atoms with E-state index < -0.39 is 0 Å². The lowest BCUT2D eigenvalue weighted by Crippen LogP contribution is -2.62. The summed E-state index contributed by atoms with van der Waals surface area (Å²) >= 11 is 0. The molecule has 4 atom stereocenters. The standard InChI is InChI=1S/C15H28NO/c1-16(10-3-2-4-11-16)14-9-8-12-6-5-7-13(14)15(12)17/h12-15,17H,2-11H2,1H3/q+1/t12-,13+,14+,15-/m0/s1. The molecule has 98 valence electrons. The second-order valence-electron chi connectivity index (χ2n) is 6.98. The van der Waals surface area contributed by atoms with Crippen LogP contribution in [0.2, 0.25) is 0 Å². The van der Waals surface area contributed by atoms with Crippen molar-refractivity contribution >= 4 is 0 Å². The van der Waals surface area contributed by atoms with Gasteiger partial charge in [0.05, 0.1) is 32.3 Å². The number of aliphatic hydroxyl groups excluding tert-OH is 1. The topological polar surface area (TPSA) is 20.2 Å². The quantitative estimate of drug-likeness (QED) is 0.696. The fourth-order valence-electron chi connectivity index (χ4n) is 4.98. The zero-order chi connectivity index (χ0) is 11.9. The Labute approximate surface area is 106 Å². The van der Waals surface area contributed by atoms with Gasteiger partial charge in [-0.25, -0.2) is 0 Å². The van der Waals surface area contributed by atoms with Crippen molar-refractivity contribution < 1.29 is 9.59 Å². The molecular weight excluding hydrogens is 210 g/mol. The molecule has 0 aromatic rings. The lowest BCUT2D eigenvalue weighted by Gasteiger charge is -2.53. The van der Waals surface area contributed by atoms with E-state index in [0.29, 0.717) is 11.8 Å². The predicted molar refractivity (Wildman–Crippen MR) is 69.6 cm³/mol. The van der Waals surface area contributed by atoms with Crippen molar-refractivity contribution in [3.8, 4) is 0 Å². The molecule has 2 heteroatoms. The molecule has 3 fully saturated rings. The molecule has 2 saturated carbocycles. The normalized spacial score (nSPS) is 45.5. The first-order valence-corrected chi connectivity index (χ1v) is 7.73. The summed E-state index contributed by atoms with van der Waals surface area (Å²) in [5.41, 5.74) is 0. The molecule has 17 heavy (non-hydrogen) atoms. The van der Waals surface area contributed by atoms with Gasteiger partial charge in [-0.1, -0.05) is 6.42 Å². The Morgan fingerprint density at radius 3 is 2.41 bits per heavy atom. The maximum Gasteiger partial charge on any atom is 0.0941 e. The smallest absolute Gasteiger partial charge is 0.0941 e. The molecule has 0 radical (unpaired) electrons. The van der Waals surface area contributed by atoms with E-state index in [1.165, 1.54) is 68.9 Å². The summed E-state index contributed by atoms with van der Waals surface area (Å²) in [5.74, 6) is 1.26. The summed E-state index contributed by atoms with van der Waals surface area (Å²) in [6.45, 7) is 2.72. The monoisotopic (exact) mass is 238 g/mol. The van der Waals surface area contributed by atoms with Gasteiger partial charge in [0.2, 0.25) is 0 Å². The van der Waals surface area contributed by atoms with Crippen molar-refractivity contribution in [3.63, 3.8) is 0 Å². The number of hydrogen-bond donors (Lipinski definition) is 1. The van der Waals surface area contributed by atoms with E-state index in [1.807, 2.05) is 0 Å². The minimum absolute atomic E-state index is 0.0272. The summed E-state index contributed by atoms with van der Waals surface area (Å²) in [6, 6.07) is 0.766. The van der Waals surface area contributed by atoms with Gasteiger partial charge in [-0.3, -0.25) is 0 Å². The second kappa shape index (κ2) is 4.55. The van der Waals surface area contributed by atoms with E-state index in [2.05, 4.69) is 7.05 Å². The average Bonchev–Trinajstić information content (AvgIpc) is 2.29. The highest BCUT2D eigenvalue weighted by Crippen LogP contribution is 2.44. The number of fused-ring (bicyclic) bond motifs is 2. The molecule has 3 aliphatic rings. The van der Waals surface area contributed by atoms with Crippen molar-refractivity contribution in [1.29, 1.82) is 0 Å². The van der Waals surface area contributed by atoms with Crippen LogP contribution in [0.4, 0.5) is 0 Å². The molecule has 0 aromatic heterocycles. The first-order chi connectivity index (χ1) is 8.21. The van der Waals surface area contributed by atoms with E-state index in [4.69, 9.17) is 0 Å². The van der Waals surface area contributed by atoms with Crippen molar-refractivity contribution in [2.24, 2.45) is 11.8 Å². The third kappa shape index (κ3) is 2.04. The minimum Gasteiger partial charge on any atom is -0.392 e. The molecule has 1 saturated heterocycles. The van der Waals surface area contributed by atoms with Crippen LogP contribution in [0, 0.1) is 11.8 Å². The Kier molecular flexibility index (Phi) is 3.20. The Hall–Kier alpha value is -0.0800. The van der Waals surface area contributed by atoms with Gasteiger partial charge in [0.1, 0.15) is 0 Å². The number of quaternary nitrogens is 1. The number of rotatable bonds is 1. The third-order valence-electron chi connectivity index (χ3n) is 6.00. The Balaban J connectivity index is 1.77. The molecule has 0 unspecified atom stereocenters. The van der Waals surface area contributed by atoms with Gasteiger partial charge in [-0.15, -0.1) is 0 Å². The Morgan fingerprint density at radius 2 is 1.65 bits per heavy atom. The van der Waals surface area contributed by atoms with E-state index in [1.54, 1.807) is 0 Å². The van der Waals surface area contributed by atoms with Gasteiger partial charge in [0.15, 0.2) is 0 Å². The van der Waals surface area contributed by atoms with Crippen LogP contribution in [0.15, 0.2) is 0 Å². The first-order valence-electron chi connectivity index (χ1n) is 7.73. The van der Waals surface area contributed by atoms with Crippen molar-refractivity contribution in [1.82, 2.24) is 0 Å². The minimum atomic E-state index is 0.0272. The SMILES string of the molecule is C[N+]1([C@@H]2CC[C@@H]3CCC[C@H]2[C@H]3O)CCCCC1. The Morgan fingerprint density at radius 1 is 0.882 bits per heavy atom. The van der Waals surface area contributed by atoms with Crippen LogP contribution in [0.5, 0.6) is 0 Å². The van der Waals surface area contributed by atoms with Gasteiger partial charge in [0.25, 0.3) is 0 Å². The van der Waals surface area contributed by atoms with Crippen LogP contribution in [0.25, 0.3) is 0 Å². The molecule has 3 rings (SSSR count). The van der Waals surface area contributed by atoms with E-state index in [9.17, 15) is 5.11 Å². The second-order valence-corrected chi connectivity index (χ2v) is 6.98. The highest BCUT2D eigenvalue weighted by atomic mass is 16.3. The summed E-state index contributed by atoms with van der Waals surface area (Å²) in [7, 11) is 2.46. The zero-order valence-electron chi connectivity index (χ0n) is 11.3. The zero-order valence-corrected chi connectivity index (χ0v) is 11.3. The van der Waals surface area contributed by atoms with E-state index >= 15 is 0 Å². The molecule has 1 heterocycles. The van der Waals surface area contributed by atoms with Gasteiger partial charge >= 0.3 is 0 Å². The number of hydrogen-bond acceptors (Lipinski definition) is 1. The molecule has 1 N–H and O–H groups in total. The molecule has 2 aliphatic carbocycles. The molecule has 0 amide bonds. The highest BCUT2D eigenvalue weighted by Gasteiger charge is 2.48. The molecule has 0 spiro atoms. The first kappa shape index (κ1) is 12.0. The number of piperidine rings is 1. The van der Waals surface area contributed by atoms with Crippen LogP contribution in [0.1, 0.15) is 51.4 Å². The molecule has 1 aliphatic heterocycles. The van der Waals surface area contributed by atoms with Crippen LogP contribution < -0.4 is 0 Å². The van der Waals surface area contributed by atoms with Gasteiger partial charge < -0.3 is 9.59 Å². The number of nitrogens with zero attached hydrogens (tertiary/aromatic N) is 1. The largest absolute Gasteiger partial charge is 0.392 e. The molecule has 2 bridgehead atoms. The van der Waals surface area contributed by atoms with Gasteiger partial charge in [0, 0.05) is 12.3 Å². The van der Waals surface area contributed by atoms with Crippen LogP contribution in [0.3, 0.4) is 0 Å². The molecule has 0 aromatic carbocycles. The maximum atomic E-state index is 10.5. The summed E-state index contributed by atoms with van der Waals surface area (Å²) in [5, 5.41) is 10.5. The fourth-order valence-corrected chi connectivity index (χ4v) is 4.98. The molecular formula is C15H28NO+. The predicted octanol–water partition coefficient (Wildman–Crippen LogP) is 2.56. The van der Waals surface area contributed by atoms with E-state index in [-0.39, 0.29) is 6.10 Å². The van der Waals surface area contributed by atoms with Gasteiger partial charge in [-0.2, -0.15) is 0 Å². The number of aliphatic hydroxyl groups is 1. The van der Waals surface area contributed by atoms with Crippen molar-refractivity contribution in [2.75, 3.05) is 20.1 Å². The number of likely N-dealkylation sites (tertiary alicyclic amines) is 1. The van der Waals surface area contributed by atoms with Crippen LogP contribution >= 0.6 is 0 Å². The third-order valence-corrected chi connectivity index (χ3v) is 6.00. The summed E-state index contributed by atoms with van der Waals surface area (Å²) < 4.78 is 1.27. The summed E-state index contributed by atoms with van der Waals surface area (Å²) in [4.78, 5) is 0. The van der Waals surface area contributed by atoms with Gasteiger partial charge in [-0.05, 0) is 44.4 Å². The van der Waals surface area contributed by atoms with Crippen molar-refractivity contribution in [3.05, 3.63) is 0 Å². The summed E-state index contributed by atoms with van der Waals surface area (Å²) in [6.07, 6.45) is 10.9. The van der Waals surface area contributed by atoms with Crippen LogP contribution in [-0.4, -0.2) is 41.9 Å². The average molecular weight is 238 g/mol. The Bertz CT molecular complexity index is 272. The molecule has 2 nitrogen and oxygen atoms in total. The lowest BCUT2D eigenvalue weighted by molar-refractivity contribution is -0.943.